The lowest BCUT2D eigenvalue weighted by Crippen LogP contribution is -2.66. The largest absolute Gasteiger partial charge is 0.395 e. The van der Waals surface area contributed by atoms with Gasteiger partial charge in [0.25, 0.3) is 0 Å². The third-order valence-electron chi connectivity index (χ3n) is 14.3. The highest BCUT2D eigenvalue weighted by Crippen LogP contribution is 2.75. The van der Waals surface area contributed by atoms with E-state index in [1.807, 2.05) is 0 Å². The number of aliphatic hydroxyl groups is 2. The van der Waals surface area contributed by atoms with E-state index >= 15 is 0 Å². The van der Waals surface area contributed by atoms with Crippen molar-refractivity contribution in [2.24, 2.45) is 56.7 Å². The summed E-state index contributed by atoms with van der Waals surface area (Å²) in [6, 6.07) is 0. The number of fused-ring (bicyclic) bond motifs is 7. The molecule has 6 heteroatoms. The zero-order valence-corrected chi connectivity index (χ0v) is 26.2. The maximum absolute atomic E-state index is 14.1. The molecule has 0 aromatic heterocycles. The second kappa shape index (κ2) is 10.1. The van der Waals surface area contributed by atoms with Crippen LogP contribution in [0.2, 0.25) is 0 Å². The third kappa shape index (κ3) is 4.08. The minimum absolute atomic E-state index is 0.0330. The van der Waals surface area contributed by atoms with Crippen LogP contribution in [0.15, 0.2) is 11.6 Å². The molecule has 0 spiro atoms. The van der Waals surface area contributed by atoms with Crippen molar-refractivity contribution in [2.75, 3.05) is 19.7 Å². The van der Waals surface area contributed by atoms with E-state index in [0.29, 0.717) is 23.7 Å². The van der Waals surface area contributed by atoms with Crippen LogP contribution >= 0.6 is 0 Å². The Labute approximate surface area is 242 Å². The average Bonchev–Trinajstić information content (AvgIpc) is 2.90. The summed E-state index contributed by atoms with van der Waals surface area (Å²) >= 11 is 0. The smallest absolute Gasteiger partial charge is 0.239 e. The highest BCUT2D eigenvalue weighted by Gasteiger charge is 2.69. The van der Waals surface area contributed by atoms with E-state index in [9.17, 15) is 14.7 Å². The summed E-state index contributed by atoms with van der Waals surface area (Å²) in [5, 5.41) is 25.7. The first-order chi connectivity index (χ1) is 18.7. The molecule has 5 rings (SSSR count). The van der Waals surface area contributed by atoms with Crippen LogP contribution in [0.4, 0.5) is 0 Å². The van der Waals surface area contributed by atoms with Crippen LogP contribution in [0, 0.1) is 56.7 Å². The molecule has 2 amide bonds. The van der Waals surface area contributed by atoms with Gasteiger partial charge in [0.15, 0.2) is 0 Å². The molecule has 6 nitrogen and oxygen atoms in total. The van der Waals surface area contributed by atoms with E-state index in [-0.39, 0.29) is 65.2 Å². The molecule has 10 atom stereocenters. The van der Waals surface area contributed by atoms with Crippen molar-refractivity contribution in [1.82, 2.24) is 10.6 Å². The lowest BCUT2D eigenvalue weighted by atomic mass is 9.33. The first-order valence-electron chi connectivity index (χ1n) is 16.2. The number of carbonyl (C=O) groups is 2. The van der Waals surface area contributed by atoms with Crippen molar-refractivity contribution in [2.45, 2.75) is 112 Å². The summed E-state index contributed by atoms with van der Waals surface area (Å²) < 4.78 is 0. The minimum Gasteiger partial charge on any atom is -0.395 e. The average molecular weight is 557 g/mol. The zero-order valence-electron chi connectivity index (χ0n) is 26.2. The van der Waals surface area contributed by atoms with Gasteiger partial charge in [0, 0.05) is 6.54 Å². The number of rotatable bonds is 5. The number of allylic oxidation sites excluding steroid dienone is 2. The summed E-state index contributed by atoms with van der Waals surface area (Å²) in [7, 11) is 0. The highest BCUT2D eigenvalue weighted by atomic mass is 16.3. The second-order valence-corrected chi connectivity index (χ2v) is 15.9. The predicted octanol–water partition coefficient (Wildman–Crippen LogP) is 5.23. The van der Waals surface area contributed by atoms with Crippen LogP contribution in [-0.2, 0) is 9.59 Å². The molecule has 4 saturated carbocycles. The SMILES string of the molecule is C[C@@H]1CC[C@]2(C(=O)NCC(=O)NCCO)CC[C@]3(C)C(=CCC4[C@@]5(C)CC[C@H](O)C(C)(C)C5CC[C@]43C)C2[C@H]1C. The molecule has 0 aromatic carbocycles. The van der Waals surface area contributed by atoms with Crippen LogP contribution in [0.25, 0.3) is 0 Å². The standard InChI is InChI=1S/C34H56N2O4/c1-21-10-15-34(29(40)36-20-27(39)35-18-19-37)17-16-32(6)23(28(34)22(21)2)8-9-25-31(5)13-12-26(38)30(3,4)24(31)11-14-33(25,32)7/h8,21-22,24-26,28,37-38H,9-20H2,1-7H3,(H,35,39)(H,36,40)/t21-,22+,24?,25?,26+,28?,31+,32-,33-,34+/m1/s1. The molecule has 0 aromatic rings. The van der Waals surface area contributed by atoms with Gasteiger partial charge in [-0.25, -0.2) is 0 Å². The molecule has 0 bridgehead atoms. The molecular formula is C34H56N2O4. The lowest BCUT2D eigenvalue weighted by molar-refractivity contribution is -0.204. The monoisotopic (exact) mass is 556 g/mol. The van der Waals surface area contributed by atoms with E-state index in [4.69, 9.17) is 5.11 Å². The van der Waals surface area contributed by atoms with E-state index in [1.165, 1.54) is 18.4 Å². The summed E-state index contributed by atoms with van der Waals surface area (Å²) in [5.41, 5.74) is 1.43. The number of hydrogen-bond donors (Lipinski definition) is 4. The van der Waals surface area contributed by atoms with E-state index in [2.05, 4.69) is 65.2 Å². The van der Waals surface area contributed by atoms with E-state index in [0.717, 1.165) is 44.9 Å². The first-order valence-corrected chi connectivity index (χ1v) is 16.2. The zero-order chi connectivity index (χ0) is 29.3. The number of aliphatic hydroxyl groups excluding tert-OH is 2. The van der Waals surface area contributed by atoms with Crippen molar-refractivity contribution in [3.8, 4) is 0 Å². The second-order valence-electron chi connectivity index (χ2n) is 15.9. The van der Waals surface area contributed by atoms with Gasteiger partial charge >= 0.3 is 0 Å². The molecule has 0 heterocycles. The predicted molar refractivity (Wildman–Crippen MR) is 158 cm³/mol. The molecule has 0 aliphatic heterocycles. The molecule has 40 heavy (non-hydrogen) atoms. The summed E-state index contributed by atoms with van der Waals surface area (Å²) in [6.45, 7) is 17.1. The Morgan fingerprint density at radius 3 is 2.35 bits per heavy atom. The Hall–Kier alpha value is -1.40. The van der Waals surface area contributed by atoms with Crippen LogP contribution in [-0.4, -0.2) is 47.8 Å². The number of carbonyl (C=O) groups excluding carboxylic acids is 2. The Morgan fingerprint density at radius 1 is 0.925 bits per heavy atom. The Balaban J connectivity index is 1.50. The maximum Gasteiger partial charge on any atom is 0.239 e. The first kappa shape index (κ1) is 30.1. The summed E-state index contributed by atoms with van der Waals surface area (Å²) in [4.78, 5) is 26.4. The maximum atomic E-state index is 14.1. The summed E-state index contributed by atoms with van der Waals surface area (Å²) in [5.74, 6) is 2.07. The number of nitrogens with one attached hydrogen (secondary N) is 2. The van der Waals surface area contributed by atoms with E-state index < -0.39 is 5.41 Å². The van der Waals surface area contributed by atoms with Crippen molar-refractivity contribution < 1.29 is 19.8 Å². The fourth-order valence-electron chi connectivity index (χ4n) is 11.5. The fourth-order valence-corrected chi connectivity index (χ4v) is 11.5. The van der Waals surface area contributed by atoms with Crippen LogP contribution < -0.4 is 10.6 Å². The van der Waals surface area contributed by atoms with Gasteiger partial charge in [-0.05, 0) is 109 Å². The Morgan fingerprint density at radius 2 is 1.65 bits per heavy atom. The molecule has 5 aliphatic carbocycles. The molecule has 4 fully saturated rings. The lowest BCUT2D eigenvalue weighted by Gasteiger charge is -2.71. The quantitative estimate of drug-likeness (QED) is 0.349. The van der Waals surface area contributed by atoms with Crippen LogP contribution in [0.1, 0.15) is 106 Å². The number of hydrogen-bond acceptors (Lipinski definition) is 4. The normalized spacial score (nSPS) is 47.5. The van der Waals surface area contributed by atoms with Crippen LogP contribution in [0.5, 0.6) is 0 Å². The summed E-state index contributed by atoms with van der Waals surface area (Å²) in [6.07, 6.45) is 11.6. The van der Waals surface area contributed by atoms with Crippen molar-refractivity contribution in [1.29, 1.82) is 0 Å². The topological polar surface area (TPSA) is 98.7 Å². The molecular weight excluding hydrogens is 500 g/mol. The molecule has 0 radical (unpaired) electrons. The van der Waals surface area contributed by atoms with Crippen molar-refractivity contribution in [3.63, 3.8) is 0 Å². The molecule has 5 aliphatic rings. The van der Waals surface area contributed by atoms with Crippen molar-refractivity contribution >= 4 is 11.8 Å². The molecule has 226 valence electrons. The van der Waals surface area contributed by atoms with Crippen LogP contribution in [0.3, 0.4) is 0 Å². The van der Waals surface area contributed by atoms with Gasteiger partial charge in [0.05, 0.1) is 24.7 Å². The van der Waals surface area contributed by atoms with E-state index in [1.54, 1.807) is 0 Å². The highest BCUT2D eigenvalue weighted by molar-refractivity contribution is 5.88. The van der Waals surface area contributed by atoms with Gasteiger partial charge in [-0.15, -0.1) is 0 Å². The minimum atomic E-state index is -0.463. The molecule has 3 unspecified atom stereocenters. The Kier molecular flexibility index (Phi) is 7.60. The fraction of sp³-hybridized carbons (Fsp3) is 0.882. The van der Waals surface area contributed by atoms with Gasteiger partial charge in [-0.2, -0.15) is 0 Å². The Bertz CT molecular complexity index is 1050. The number of amides is 2. The van der Waals surface area contributed by atoms with Gasteiger partial charge in [-0.1, -0.05) is 60.1 Å². The molecule has 0 saturated heterocycles. The molecule has 4 N–H and O–H groups in total. The van der Waals surface area contributed by atoms with Gasteiger partial charge in [0.1, 0.15) is 0 Å². The van der Waals surface area contributed by atoms with Gasteiger partial charge in [0.2, 0.25) is 11.8 Å². The third-order valence-corrected chi connectivity index (χ3v) is 14.3. The van der Waals surface area contributed by atoms with Gasteiger partial charge in [-0.3, -0.25) is 9.59 Å². The van der Waals surface area contributed by atoms with Gasteiger partial charge < -0.3 is 20.8 Å². The van der Waals surface area contributed by atoms with Crippen molar-refractivity contribution in [3.05, 3.63) is 11.6 Å².